The van der Waals surface area contributed by atoms with Crippen LogP contribution >= 0.6 is 0 Å². The Bertz CT molecular complexity index is 982. The number of ether oxygens (including phenoxy) is 1. The number of hydrogen-bond acceptors (Lipinski definition) is 3. The highest BCUT2D eigenvalue weighted by molar-refractivity contribution is 5.98. The van der Waals surface area contributed by atoms with Crippen LogP contribution in [0.5, 0.6) is 0 Å². The van der Waals surface area contributed by atoms with Gasteiger partial charge in [0, 0.05) is 36.4 Å². The summed E-state index contributed by atoms with van der Waals surface area (Å²) in [6, 6.07) is 10.2. The van der Waals surface area contributed by atoms with E-state index in [4.69, 9.17) is 4.74 Å². The van der Waals surface area contributed by atoms with Crippen molar-refractivity contribution < 1.29 is 13.9 Å². The summed E-state index contributed by atoms with van der Waals surface area (Å²) in [7, 11) is 1.83. The maximum Gasteiger partial charge on any atom is 0.270 e. The highest BCUT2D eigenvalue weighted by Crippen LogP contribution is 2.25. The number of halogens is 1. The first kappa shape index (κ1) is 16.7. The van der Waals surface area contributed by atoms with Crippen LogP contribution in [0.1, 0.15) is 27.8 Å². The Balaban J connectivity index is 1.61. The summed E-state index contributed by atoms with van der Waals surface area (Å²) in [6.45, 7) is 3.44. The normalized spacial score (nSPS) is 17.7. The molecule has 0 unspecified atom stereocenters. The Morgan fingerprint density at radius 3 is 2.92 bits per heavy atom. The molecule has 1 aliphatic heterocycles. The molecule has 1 amide bonds. The second kappa shape index (κ2) is 6.53. The fourth-order valence-corrected chi connectivity index (χ4v) is 3.49. The molecule has 1 saturated heterocycles. The minimum atomic E-state index is -0.304. The summed E-state index contributed by atoms with van der Waals surface area (Å²) in [6.07, 6.45) is 1.59. The van der Waals surface area contributed by atoms with Crippen LogP contribution in [0.4, 0.5) is 4.39 Å². The van der Waals surface area contributed by atoms with Crippen LogP contribution in [0.2, 0.25) is 0 Å². The Labute approximate surface area is 151 Å². The number of hydrogen-bond donors (Lipinski definition) is 0. The molecule has 134 valence electrons. The van der Waals surface area contributed by atoms with Crippen molar-refractivity contribution in [3.63, 3.8) is 0 Å². The van der Waals surface area contributed by atoms with E-state index in [1.807, 2.05) is 30.7 Å². The molecule has 1 aliphatic rings. The Morgan fingerprint density at radius 1 is 1.27 bits per heavy atom. The molecule has 1 fully saturated rings. The van der Waals surface area contributed by atoms with E-state index in [0.29, 0.717) is 25.4 Å². The van der Waals surface area contributed by atoms with Crippen LogP contribution in [0.25, 0.3) is 10.9 Å². The number of nitrogens with zero attached hydrogens (tertiary/aromatic N) is 3. The van der Waals surface area contributed by atoms with Gasteiger partial charge < -0.3 is 14.2 Å². The maximum atomic E-state index is 13.5. The quantitative estimate of drug-likeness (QED) is 0.711. The molecule has 0 saturated carbocycles. The number of amides is 1. The minimum absolute atomic E-state index is 0.0665. The second-order valence-corrected chi connectivity index (χ2v) is 6.63. The van der Waals surface area contributed by atoms with Gasteiger partial charge in [-0.3, -0.25) is 9.78 Å². The van der Waals surface area contributed by atoms with Gasteiger partial charge in [-0.2, -0.15) is 0 Å². The van der Waals surface area contributed by atoms with Crippen molar-refractivity contribution in [1.82, 2.24) is 14.5 Å². The first-order valence-corrected chi connectivity index (χ1v) is 8.61. The number of pyridine rings is 1. The number of aromatic nitrogens is 2. The van der Waals surface area contributed by atoms with E-state index in [0.717, 1.165) is 22.2 Å². The molecule has 4 rings (SSSR count). The van der Waals surface area contributed by atoms with E-state index < -0.39 is 0 Å². The van der Waals surface area contributed by atoms with Crippen molar-refractivity contribution in [2.45, 2.75) is 13.0 Å². The van der Waals surface area contributed by atoms with Crippen molar-refractivity contribution in [1.29, 1.82) is 0 Å². The summed E-state index contributed by atoms with van der Waals surface area (Å²) >= 11 is 0. The third-order valence-electron chi connectivity index (χ3n) is 4.87. The van der Waals surface area contributed by atoms with Crippen LogP contribution in [0.15, 0.2) is 42.6 Å². The van der Waals surface area contributed by atoms with Gasteiger partial charge in [0.25, 0.3) is 5.91 Å². The van der Waals surface area contributed by atoms with Gasteiger partial charge in [-0.25, -0.2) is 4.39 Å². The van der Waals surface area contributed by atoms with E-state index in [-0.39, 0.29) is 17.8 Å². The highest BCUT2D eigenvalue weighted by Gasteiger charge is 2.28. The third-order valence-corrected chi connectivity index (χ3v) is 4.87. The van der Waals surface area contributed by atoms with E-state index in [9.17, 15) is 9.18 Å². The van der Waals surface area contributed by atoms with Crippen LogP contribution in [0, 0.1) is 12.7 Å². The largest absolute Gasteiger partial charge is 0.370 e. The Kier molecular flexibility index (Phi) is 4.20. The Hall–Kier alpha value is -2.73. The van der Waals surface area contributed by atoms with Crippen LogP contribution in [-0.2, 0) is 11.8 Å². The first-order chi connectivity index (χ1) is 12.5. The lowest BCUT2D eigenvalue weighted by Gasteiger charge is -2.33. The smallest absolute Gasteiger partial charge is 0.270 e. The van der Waals surface area contributed by atoms with E-state index in [1.54, 1.807) is 23.2 Å². The zero-order chi connectivity index (χ0) is 18.3. The van der Waals surface area contributed by atoms with Gasteiger partial charge in [0.15, 0.2) is 0 Å². The molecule has 0 N–H and O–H groups in total. The number of carbonyl (C=O) groups is 1. The van der Waals surface area contributed by atoms with Gasteiger partial charge in [0.05, 0.1) is 13.2 Å². The lowest BCUT2D eigenvalue weighted by atomic mass is 10.1. The summed E-state index contributed by atoms with van der Waals surface area (Å²) in [5.41, 5.74) is 3.33. The second-order valence-electron chi connectivity index (χ2n) is 6.63. The van der Waals surface area contributed by atoms with E-state index in [2.05, 4.69) is 4.98 Å². The van der Waals surface area contributed by atoms with Crippen molar-refractivity contribution in [2.24, 2.45) is 7.05 Å². The topological polar surface area (TPSA) is 47.4 Å². The molecule has 0 bridgehead atoms. The number of benzene rings is 1. The molecule has 0 aliphatic carbocycles. The van der Waals surface area contributed by atoms with Crippen LogP contribution in [-0.4, -0.2) is 40.1 Å². The predicted octanol–water partition coefficient (Wildman–Crippen LogP) is 3.23. The molecule has 6 heteroatoms. The van der Waals surface area contributed by atoms with Gasteiger partial charge in [0.1, 0.15) is 17.6 Å². The number of morpholine rings is 1. The molecule has 1 aromatic carbocycles. The van der Waals surface area contributed by atoms with Crippen LogP contribution in [0.3, 0.4) is 0 Å². The number of aryl methyl sites for hydroxylation is 2. The molecule has 3 heterocycles. The summed E-state index contributed by atoms with van der Waals surface area (Å²) in [5, 5.41) is 0.727. The molecule has 2 aromatic heterocycles. The standard InChI is InChI=1S/C20H20FN3O2/c1-13-9-14(5-6-22-13)19-12-24(7-8-26-19)20(25)18-11-15-10-16(21)3-4-17(15)23(18)2/h3-6,9-11,19H,7-8,12H2,1-2H3/t19-/m1/s1. The third kappa shape index (κ3) is 2.97. The van der Waals surface area contributed by atoms with Gasteiger partial charge in [0.2, 0.25) is 0 Å². The van der Waals surface area contributed by atoms with Crippen molar-refractivity contribution in [3.8, 4) is 0 Å². The van der Waals surface area contributed by atoms with E-state index >= 15 is 0 Å². The molecule has 1 atom stereocenters. The zero-order valence-corrected chi connectivity index (χ0v) is 14.8. The van der Waals surface area contributed by atoms with Crippen molar-refractivity contribution in [2.75, 3.05) is 19.7 Å². The van der Waals surface area contributed by atoms with Gasteiger partial charge in [-0.05, 0) is 48.9 Å². The number of fused-ring (bicyclic) bond motifs is 1. The van der Waals surface area contributed by atoms with Gasteiger partial charge >= 0.3 is 0 Å². The molecule has 3 aromatic rings. The maximum absolute atomic E-state index is 13.5. The minimum Gasteiger partial charge on any atom is -0.370 e. The fourth-order valence-electron chi connectivity index (χ4n) is 3.49. The monoisotopic (exact) mass is 353 g/mol. The highest BCUT2D eigenvalue weighted by atomic mass is 19.1. The Morgan fingerprint density at radius 2 is 2.12 bits per heavy atom. The van der Waals surface area contributed by atoms with E-state index in [1.165, 1.54) is 12.1 Å². The first-order valence-electron chi connectivity index (χ1n) is 8.61. The lowest BCUT2D eigenvalue weighted by molar-refractivity contribution is -0.0231. The molecule has 0 spiro atoms. The molecular weight excluding hydrogens is 333 g/mol. The number of carbonyl (C=O) groups excluding carboxylic acids is 1. The average Bonchev–Trinajstić information content (AvgIpc) is 2.97. The molecule has 5 nitrogen and oxygen atoms in total. The SMILES string of the molecule is Cc1cc([C@H]2CN(C(=O)c3cc4cc(F)ccc4n3C)CCO2)ccn1. The van der Waals surface area contributed by atoms with Crippen molar-refractivity contribution >= 4 is 16.8 Å². The zero-order valence-electron chi connectivity index (χ0n) is 14.8. The lowest BCUT2D eigenvalue weighted by Crippen LogP contribution is -2.42. The molecule has 26 heavy (non-hydrogen) atoms. The summed E-state index contributed by atoms with van der Waals surface area (Å²) < 4.78 is 21.2. The predicted molar refractivity (Wildman–Crippen MR) is 96.4 cm³/mol. The average molecular weight is 353 g/mol. The molecule has 0 radical (unpaired) electrons. The summed E-state index contributed by atoms with van der Waals surface area (Å²) in [5.74, 6) is -0.371. The van der Waals surface area contributed by atoms with Gasteiger partial charge in [-0.1, -0.05) is 0 Å². The van der Waals surface area contributed by atoms with Gasteiger partial charge in [-0.15, -0.1) is 0 Å². The molecular formula is C20H20FN3O2. The fraction of sp³-hybridized carbons (Fsp3) is 0.300. The van der Waals surface area contributed by atoms with Crippen LogP contribution < -0.4 is 0 Å². The van der Waals surface area contributed by atoms with Crippen molar-refractivity contribution in [3.05, 3.63) is 65.4 Å². The summed E-state index contributed by atoms with van der Waals surface area (Å²) in [4.78, 5) is 19.1. The number of rotatable bonds is 2.